The largest absolute Gasteiger partial charge is 0.465 e. The van der Waals surface area contributed by atoms with Crippen LogP contribution in [0.15, 0.2) is 53.9 Å². The summed E-state index contributed by atoms with van der Waals surface area (Å²) in [7, 11) is 1.37. The van der Waals surface area contributed by atoms with Crippen molar-refractivity contribution in [1.82, 2.24) is 14.8 Å². The van der Waals surface area contributed by atoms with Crippen LogP contribution in [0, 0.1) is 6.92 Å². The first-order valence-electron chi connectivity index (χ1n) is 7.55. The maximum Gasteiger partial charge on any atom is 0.337 e. The van der Waals surface area contributed by atoms with Crippen LogP contribution in [0.25, 0.3) is 5.69 Å². The molecule has 5 nitrogen and oxygen atoms in total. The zero-order chi connectivity index (χ0) is 17.8. The molecule has 1 aromatic heterocycles. The molecule has 25 heavy (non-hydrogen) atoms. The fourth-order valence-corrected chi connectivity index (χ4v) is 3.33. The van der Waals surface area contributed by atoms with Gasteiger partial charge >= 0.3 is 5.97 Å². The molecule has 0 aliphatic heterocycles. The van der Waals surface area contributed by atoms with Gasteiger partial charge in [0.1, 0.15) is 6.33 Å². The molecule has 0 amide bonds. The van der Waals surface area contributed by atoms with Crippen molar-refractivity contribution in [3.05, 3.63) is 70.5 Å². The minimum atomic E-state index is -0.343. The van der Waals surface area contributed by atoms with E-state index in [2.05, 4.69) is 10.2 Å². The molecule has 0 spiro atoms. The number of ether oxygens (including phenoxy) is 1. The highest BCUT2D eigenvalue weighted by atomic mass is 35.5. The second kappa shape index (κ2) is 7.72. The van der Waals surface area contributed by atoms with Crippen LogP contribution in [0.1, 0.15) is 21.5 Å². The van der Waals surface area contributed by atoms with Crippen molar-refractivity contribution < 1.29 is 9.53 Å². The number of benzene rings is 2. The highest BCUT2D eigenvalue weighted by Gasteiger charge is 2.10. The summed E-state index contributed by atoms with van der Waals surface area (Å²) in [6.45, 7) is 1.96. The lowest BCUT2D eigenvalue weighted by atomic mass is 10.1. The van der Waals surface area contributed by atoms with Gasteiger partial charge in [-0.25, -0.2) is 4.79 Å². The van der Waals surface area contributed by atoms with Gasteiger partial charge in [-0.1, -0.05) is 41.6 Å². The number of nitrogens with zero attached hydrogens (tertiary/aromatic N) is 3. The molecule has 0 aliphatic rings. The van der Waals surface area contributed by atoms with Crippen LogP contribution in [0.2, 0.25) is 5.02 Å². The third-order valence-electron chi connectivity index (χ3n) is 3.67. The summed E-state index contributed by atoms with van der Waals surface area (Å²) < 4.78 is 6.64. The maximum absolute atomic E-state index is 11.6. The number of halogens is 1. The summed E-state index contributed by atoms with van der Waals surface area (Å²) in [4.78, 5) is 11.6. The summed E-state index contributed by atoms with van der Waals surface area (Å²) in [6, 6.07) is 13.2. The van der Waals surface area contributed by atoms with Crippen LogP contribution in [0.4, 0.5) is 0 Å². The third kappa shape index (κ3) is 4.03. The lowest BCUT2D eigenvalue weighted by molar-refractivity contribution is 0.0600. The van der Waals surface area contributed by atoms with Crippen molar-refractivity contribution in [3.8, 4) is 5.69 Å². The molecule has 2 aromatic carbocycles. The lowest BCUT2D eigenvalue weighted by Gasteiger charge is -2.08. The number of carbonyl (C=O) groups excluding carboxylic acids is 1. The number of aryl methyl sites for hydroxylation is 1. The molecule has 0 unspecified atom stereocenters. The summed E-state index contributed by atoms with van der Waals surface area (Å²) >= 11 is 7.75. The number of thioether (sulfide) groups is 1. The van der Waals surface area contributed by atoms with Gasteiger partial charge in [0.15, 0.2) is 5.16 Å². The minimum Gasteiger partial charge on any atom is -0.465 e. The minimum absolute atomic E-state index is 0.343. The van der Waals surface area contributed by atoms with Gasteiger partial charge in [-0.2, -0.15) is 0 Å². The maximum atomic E-state index is 11.6. The summed E-state index contributed by atoms with van der Waals surface area (Å²) in [6.07, 6.45) is 1.66. The molecule has 0 bridgehead atoms. The Morgan fingerprint density at radius 2 is 2.12 bits per heavy atom. The first-order chi connectivity index (χ1) is 12.1. The smallest absolute Gasteiger partial charge is 0.337 e. The Labute approximate surface area is 155 Å². The van der Waals surface area contributed by atoms with Crippen molar-refractivity contribution in [2.45, 2.75) is 17.8 Å². The molecule has 0 fully saturated rings. The van der Waals surface area contributed by atoms with E-state index in [1.807, 2.05) is 47.9 Å². The summed E-state index contributed by atoms with van der Waals surface area (Å²) in [5.74, 6) is 0.313. The van der Waals surface area contributed by atoms with Gasteiger partial charge in [-0.3, -0.25) is 4.57 Å². The molecule has 7 heteroatoms. The number of hydrogen-bond acceptors (Lipinski definition) is 5. The first-order valence-corrected chi connectivity index (χ1v) is 8.91. The zero-order valence-electron chi connectivity index (χ0n) is 13.8. The van der Waals surface area contributed by atoms with E-state index in [1.54, 1.807) is 12.4 Å². The van der Waals surface area contributed by atoms with E-state index in [9.17, 15) is 4.79 Å². The van der Waals surface area contributed by atoms with Crippen molar-refractivity contribution in [2.75, 3.05) is 7.11 Å². The topological polar surface area (TPSA) is 57.0 Å². The Hall–Kier alpha value is -2.31. The van der Waals surface area contributed by atoms with Crippen LogP contribution < -0.4 is 0 Å². The van der Waals surface area contributed by atoms with E-state index in [4.69, 9.17) is 16.3 Å². The number of aromatic nitrogens is 3. The van der Waals surface area contributed by atoms with Crippen LogP contribution >= 0.6 is 23.4 Å². The van der Waals surface area contributed by atoms with Gasteiger partial charge in [-0.05, 0) is 42.3 Å². The van der Waals surface area contributed by atoms with Gasteiger partial charge in [0.2, 0.25) is 0 Å². The number of rotatable bonds is 5. The Kier molecular flexibility index (Phi) is 5.40. The van der Waals surface area contributed by atoms with Crippen molar-refractivity contribution in [1.29, 1.82) is 0 Å². The Balaban J connectivity index is 1.78. The van der Waals surface area contributed by atoms with Gasteiger partial charge in [0.05, 0.1) is 18.4 Å². The fraction of sp³-hybridized carbons (Fsp3) is 0.167. The molecule has 0 saturated carbocycles. The SMILES string of the molecule is COC(=O)c1cccc(CSc2nncn2-c2ccc(C)c(Cl)c2)c1. The molecule has 1 heterocycles. The molecule has 0 saturated heterocycles. The number of esters is 1. The van der Waals surface area contributed by atoms with Crippen LogP contribution in [0.3, 0.4) is 0 Å². The third-order valence-corrected chi connectivity index (χ3v) is 5.09. The van der Waals surface area contributed by atoms with Crippen LogP contribution in [-0.2, 0) is 10.5 Å². The first kappa shape index (κ1) is 17.5. The van der Waals surface area contributed by atoms with E-state index in [-0.39, 0.29) is 5.97 Å². The second-order valence-electron chi connectivity index (χ2n) is 5.40. The predicted molar refractivity (Wildman–Crippen MR) is 98.4 cm³/mol. The zero-order valence-corrected chi connectivity index (χ0v) is 15.3. The molecule has 0 radical (unpaired) electrons. The van der Waals surface area contributed by atoms with Crippen molar-refractivity contribution in [2.24, 2.45) is 0 Å². The predicted octanol–water partition coefficient (Wildman–Crippen LogP) is 4.31. The molecule has 128 valence electrons. The van der Waals surface area contributed by atoms with E-state index < -0.39 is 0 Å². The number of carbonyl (C=O) groups is 1. The average molecular weight is 374 g/mol. The van der Waals surface area contributed by atoms with E-state index in [0.29, 0.717) is 16.3 Å². The van der Waals surface area contributed by atoms with E-state index in [1.165, 1.54) is 18.9 Å². The van der Waals surface area contributed by atoms with Gasteiger partial charge in [0, 0.05) is 10.8 Å². The fourth-order valence-electron chi connectivity index (χ4n) is 2.29. The molecule has 0 atom stereocenters. The standard InChI is InChI=1S/C18H16ClN3O2S/c1-12-6-7-15(9-16(12)19)22-11-20-21-18(22)25-10-13-4-3-5-14(8-13)17(23)24-2/h3-9,11H,10H2,1-2H3. The second-order valence-corrected chi connectivity index (χ2v) is 6.75. The van der Waals surface area contributed by atoms with E-state index in [0.717, 1.165) is 22.0 Å². The monoisotopic (exact) mass is 373 g/mol. The van der Waals surface area contributed by atoms with Crippen molar-refractivity contribution >= 4 is 29.3 Å². The van der Waals surface area contributed by atoms with Crippen molar-refractivity contribution in [3.63, 3.8) is 0 Å². The molecule has 0 N–H and O–H groups in total. The molecular formula is C18H16ClN3O2S. The average Bonchev–Trinajstić information content (AvgIpc) is 3.10. The number of methoxy groups -OCH3 is 1. The molecular weight excluding hydrogens is 358 g/mol. The van der Waals surface area contributed by atoms with Gasteiger partial charge in [0.25, 0.3) is 0 Å². The number of hydrogen-bond donors (Lipinski definition) is 0. The Morgan fingerprint density at radius 3 is 2.88 bits per heavy atom. The highest BCUT2D eigenvalue weighted by Crippen LogP contribution is 2.26. The van der Waals surface area contributed by atoms with Crippen LogP contribution in [0.5, 0.6) is 0 Å². The molecule has 3 rings (SSSR count). The Bertz CT molecular complexity index is 911. The van der Waals surface area contributed by atoms with E-state index >= 15 is 0 Å². The Morgan fingerprint density at radius 1 is 1.28 bits per heavy atom. The summed E-state index contributed by atoms with van der Waals surface area (Å²) in [5, 5.41) is 9.63. The molecule has 3 aromatic rings. The van der Waals surface area contributed by atoms with Gasteiger partial charge in [-0.15, -0.1) is 10.2 Å². The molecule has 0 aliphatic carbocycles. The van der Waals surface area contributed by atoms with Gasteiger partial charge < -0.3 is 4.74 Å². The quantitative estimate of drug-likeness (QED) is 0.492. The van der Waals surface area contributed by atoms with Crippen LogP contribution in [-0.4, -0.2) is 27.8 Å². The lowest BCUT2D eigenvalue weighted by Crippen LogP contribution is -2.01. The normalized spacial score (nSPS) is 10.7. The summed E-state index contributed by atoms with van der Waals surface area (Å²) in [5.41, 5.74) is 3.47. The highest BCUT2D eigenvalue weighted by molar-refractivity contribution is 7.98.